The third kappa shape index (κ3) is 5.53. The van der Waals surface area contributed by atoms with Crippen LogP contribution in [0.3, 0.4) is 0 Å². The second kappa shape index (κ2) is 9.38. The SMILES string of the molecule is CCCCCCC(NC)c1ccc(OCC)cc1Br. The zero-order valence-corrected chi connectivity index (χ0v) is 13.9. The summed E-state index contributed by atoms with van der Waals surface area (Å²) in [6.45, 7) is 4.96. The lowest BCUT2D eigenvalue weighted by molar-refractivity contribution is 0.339. The van der Waals surface area contributed by atoms with Crippen molar-refractivity contribution in [3.8, 4) is 5.75 Å². The highest BCUT2D eigenvalue weighted by Crippen LogP contribution is 2.30. The smallest absolute Gasteiger partial charge is 0.120 e. The van der Waals surface area contributed by atoms with Crippen molar-refractivity contribution in [3.05, 3.63) is 28.2 Å². The number of hydrogen-bond donors (Lipinski definition) is 1. The standard InChI is InChI=1S/C16H26BrNO/c1-4-6-7-8-9-16(18-3)14-11-10-13(19-5-2)12-15(14)17/h10-12,16,18H,4-9H2,1-3H3. The predicted molar refractivity (Wildman–Crippen MR) is 85.9 cm³/mol. The van der Waals surface area contributed by atoms with Gasteiger partial charge in [-0.05, 0) is 38.1 Å². The third-order valence-corrected chi connectivity index (χ3v) is 4.04. The molecule has 0 aliphatic carbocycles. The molecule has 1 atom stereocenters. The monoisotopic (exact) mass is 327 g/mol. The molecule has 1 aromatic rings. The number of benzene rings is 1. The molecule has 0 bridgehead atoms. The van der Waals surface area contributed by atoms with Crippen molar-refractivity contribution in [2.75, 3.05) is 13.7 Å². The summed E-state index contributed by atoms with van der Waals surface area (Å²) in [4.78, 5) is 0. The van der Waals surface area contributed by atoms with E-state index in [0.717, 1.165) is 10.2 Å². The van der Waals surface area contributed by atoms with Crippen LogP contribution in [0.25, 0.3) is 0 Å². The van der Waals surface area contributed by atoms with E-state index in [1.807, 2.05) is 14.0 Å². The Morgan fingerprint density at radius 1 is 1.21 bits per heavy atom. The molecule has 0 amide bonds. The fourth-order valence-corrected chi connectivity index (χ4v) is 2.91. The molecule has 1 aromatic carbocycles. The van der Waals surface area contributed by atoms with E-state index in [1.54, 1.807) is 0 Å². The Morgan fingerprint density at radius 3 is 2.58 bits per heavy atom. The largest absolute Gasteiger partial charge is 0.494 e. The molecule has 1 unspecified atom stereocenters. The van der Waals surface area contributed by atoms with Gasteiger partial charge in [-0.3, -0.25) is 0 Å². The highest BCUT2D eigenvalue weighted by Gasteiger charge is 2.12. The highest BCUT2D eigenvalue weighted by molar-refractivity contribution is 9.10. The van der Waals surface area contributed by atoms with Gasteiger partial charge in [0, 0.05) is 10.5 Å². The maximum absolute atomic E-state index is 5.52. The van der Waals surface area contributed by atoms with Gasteiger partial charge in [0.25, 0.3) is 0 Å². The summed E-state index contributed by atoms with van der Waals surface area (Å²) in [7, 11) is 2.04. The summed E-state index contributed by atoms with van der Waals surface area (Å²) in [6.07, 6.45) is 6.41. The first-order chi connectivity index (χ1) is 9.22. The topological polar surface area (TPSA) is 21.3 Å². The minimum atomic E-state index is 0.418. The third-order valence-electron chi connectivity index (χ3n) is 3.35. The minimum absolute atomic E-state index is 0.418. The van der Waals surface area contributed by atoms with E-state index in [1.165, 1.54) is 37.7 Å². The van der Waals surface area contributed by atoms with Crippen molar-refractivity contribution in [2.45, 2.75) is 52.0 Å². The molecule has 2 nitrogen and oxygen atoms in total. The van der Waals surface area contributed by atoms with Gasteiger partial charge in [-0.15, -0.1) is 0 Å². The van der Waals surface area contributed by atoms with Crippen LogP contribution < -0.4 is 10.1 Å². The van der Waals surface area contributed by atoms with Gasteiger partial charge in [0.05, 0.1) is 6.61 Å². The van der Waals surface area contributed by atoms with E-state index in [9.17, 15) is 0 Å². The van der Waals surface area contributed by atoms with E-state index < -0.39 is 0 Å². The van der Waals surface area contributed by atoms with Crippen LogP contribution in [-0.4, -0.2) is 13.7 Å². The summed E-state index contributed by atoms with van der Waals surface area (Å²) in [6, 6.07) is 6.70. The van der Waals surface area contributed by atoms with Crippen molar-refractivity contribution in [1.29, 1.82) is 0 Å². The molecular weight excluding hydrogens is 302 g/mol. The minimum Gasteiger partial charge on any atom is -0.494 e. The summed E-state index contributed by atoms with van der Waals surface area (Å²) >= 11 is 3.66. The molecule has 0 spiro atoms. The predicted octanol–water partition coefficient (Wildman–Crippen LogP) is 5.08. The van der Waals surface area contributed by atoms with Crippen LogP contribution in [-0.2, 0) is 0 Å². The first-order valence-electron chi connectivity index (χ1n) is 7.32. The number of rotatable bonds is 9. The van der Waals surface area contributed by atoms with Crippen molar-refractivity contribution in [2.24, 2.45) is 0 Å². The average Bonchev–Trinajstić information content (AvgIpc) is 2.41. The van der Waals surface area contributed by atoms with E-state index >= 15 is 0 Å². The number of hydrogen-bond acceptors (Lipinski definition) is 2. The lowest BCUT2D eigenvalue weighted by Gasteiger charge is -2.19. The second-order valence-electron chi connectivity index (χ2n) is 4.81. The van der Waals surface area contributed by atoms with E-state index in [4.69, 9.17) is 4.74 Å². The van der Waals surface area contributed by atoms with Crippen LogP contribution in [0.4, 0.5) is 0 Å². The van der Waals surface area contributed by atoms with Crippen molar-refractivity contribution < 1.29 is 4.74 Å². The number of halogens is 1. The Balaban J connectivity index is 2.64. The quantitative estimate of drug-likeness (QED) is 0.638. The van der Waals surface area contributed by atoms with Gasteiger partial charge in [-0.25, -0.2) is 0 Å². The van der Waals surface area contributed by atoms with Crippen LogP contribution in [0.15, 0.2) is 22.7 Å². The maximum atomic E-state index is 5.52. The fraction of sp³-hybridized carbons (Fsp3) is 0.625. The Labute approximate surface area is 126 Å². The number of nitrogens with one attached hydrogen (secondary N) is 1. The Bertz CT molecular complexity index is 368. The van der Waals surface area contributed by atoms with Crippen molar-refractivity contribution >= 4 is 15.9 Å². The molecule has 1 rings (SSSR count). The molecule has 0 radical (unpaired) electrons. The average molecular weight is 328 g/mol. The molecular formula is C16H26BrNO. The molecule has 108 valence electrons. The molecule has 1 N–H and O–H groups in total. The lowest BCUT2D eigenvalue weighted by Crippen LogP contribution is -2.16. The molecule has 0 saturated carbocycles. The molecule has 0 aliphatic rings. The Hall–Kier alpha value is -0.540. The molecule has 0 saturated heterocycles. The zero-order chi connectivity index (χ0) is 14.1. The molecule has 0 aromatic heterocycles. The van der Waals surface area contributed by atoms with Gasteiger partial charge < -0.3 is 10.1 Å². The molecule has 0 heterocycles. The van der Waals surface area contributed by atoms with Crippen LogP contribution in [0.1, 0.15) is 57.6 Å². The first-order valence-corrected chi connectivity index (χ1v) is 8.11. The van der Waals surface area contributed by atoms with Gasteiger partial charge >= 0.3 is 0 Å². The van der Waals surface area contributed by atoms with Crippen LogP contribution in [0.5, 0.6) is 5.75 Å². The molecule has 0 aliphatic heterocycles. The van der Waals surface area contributed by atoms with Gasteiger partial charge in [0.2, 0.25) is 0 Å². The van der Waals surface area contributed by atoms with Crippen LogP contribution in [0.2, 0.25) is 0 Å². The van der Waals surface area contributed by atoms with Gasteiger partial charge in [-0.1, -0.05) is 54.6 Å². The van der Waals surface area contributed by atoms with Crippen LogP contribution >= 0.6 is 15.9 Å². The molecule has 0 fully saturated rings. The van der Waals surface area contributed by atoms with Crippen molar-refractivity contribution in [1.82, 2.24) is 5.32 Å². The normalized spacial score (nSPS) is 12.4. The number of ether oxygens (including phenoxy) is 1. The van der Waals surface area contributed by atoms with Gasteiger partial charge in [0.15, 0.2) is 0 Å². The second-order valence-corrected chi connectivity index (χ2v) is 5.66. The maximum Gasteiger partial charge on any atom is 0.120 e. The molecule has 3 heteroatoms. The van der Waals surface area contributed by atoms with Crippen LogP contribution in [0, 0.1) is 0 Å². The summed E-state index contributed by atoms with van der Waals surface area (Å²) in [5, 5.41) is 3.42. The highest BCUT2D eigenvalue weighted by atomic mass is 79.9. The van der Waals surface area contributed by atoms with Gasteiger partial charge in [0.1, 0.15) is 5.75 Å². The number of unbranched alkanes of at least 4 members (excludes halogenated alkanes) is 3. The Morgan fingerprint density at radius 2 is 2.00 bits per heavy atom. The van der Waals surface area contributed by atoms with E-state index in [-0.39, 0.29) is 0 Å². The summed E-state index contributed by atoms with van der Waals surface area (Å²) in [5.41, 5.74) is 1.32. The van der Waals surface area contributed by atoms with Crippen molar-refractivity contribution in [3.63, 3.8) is 0 Å². The zero-order valence-electron chi connectivity index (χ0n) is 12.3. The van der Waals surface area contributed by atoms with E-state index in [2.05, 4.69) is 46.4 Å². The fourth-order valence-electron chi connectivity index (χ4n) is 2.28. The first kappa shape index (κ1) is 16.5. The van der Waals surface area contributed by atoms with Gasteiger partial charge in [-0.2, -0.15) is 0 Å². The lowest BCUT2D eigenvalue weighted by atomic mass is 10.00. The summed E-state index contributed by atoms with van der Waals surface area (Å²) in [5.74, 6) is 0.930. The Kier molecular flexibility index (Phi) is 8.15. The molecule has 19 heavy (non-hydrogen) atoms. The van der Waals surface area contributed by atoms with E-state index in [0.29, 0.717) is 12.6 Å². The summed E-state index contributed by atoms with van der Waals surface area (Å²) < 4.78 is 6.65.